The molecule has 1 N–H and O–H groups in total. The van der Waals surface area contributed by atoms with E-state index >= 15 is 0 Å². The van der Waals surface area contributed by atoms with Crippen molar-refractivity contribution in [1.29, 1.82) is 0 Å². The Bertz CT molecular complexity index is 343. The molecule has 0 fully saturated rings. The third kappa shape index (κ3) is 3.93. The maximum Gasteiger partial charge on any atom is 0.422 e. The lowest BCUT2D eigenvalue weighted by Crippen LogP contribution is -2.19. The molecule has 7 heteroatoms. The van der Waals surface area contributed by atoms with E-state index in [1.54, 1.807) is 0 Å². The van der Waals surface area contributed by atoms with Gasteiger partial charge in [-0.3, -0.25) is 0 Å². The lowest BCUT2D eigenvalue weighted by molar-refractivity contribution is -0.154. The van der Waals surface area contributed by atoms with Crippen LogP contribution in [0.15, 0.2) is 12.1 Å². The second-order valence-electron chi connectivity index (χ2n) is 2.64. The molecule has 1 aromatic rings. The van der Waals surface area contributed by atoms with Crippen molar-refractivity contribution >= 4 is 11.6 Å². The van der Waals surface area contributed by atoms with Crippen LogP contribution in [-0.4, -0.2) is 22.9 Å². The molecule has 0 saturated carbocycles. The van der Waals surface area contributed by atoms with Crippen molar-refractivity contribution in [3.05, 3.63) is 22.8 Å². The van der Waals surface area contributed by atoms with Gasteiger partial charge in [0.1, 0.15) is 0 Å². The first-order valence-electron chi connectivity index (χ1n) is 3.88. The highest BCUT2D eigenvalue weighted by Gasteiger charge is 2.28. The Morgan fingerprint density at radius 3 is 2.60 bits per heavy atom. The van der Waals surface area contributed by atoms with Crippen LogP contribution in [0.3, 0.4) is 0 Å². The fraction of sp³-hybridized carbons (Fsp3) is 0.375. The second-order valence-corrected chi connectivity index (χ2v) is 3.05. The third-order valence-electron chi connectivity index (χ3n) is 1.43. The topological polar surface area (TPSA) is 42.4 Å². The first-order chi connectivity index (χ1) is 6.92. The van der Waals surface area contributed by atoms with E-state index in [1.807, 2.05) is 0 Å². The summed E-state index contributed by atoms with van der Waals surface area (Å²) in [7, 11) is 0. The Hall–Kier alpha value is -1.01. The van der Waals surface area contributed by atoms with Gasteiger partial charge in [0, 0.05) is 6.07 Å². The van der Waals surface area contributed by atoms with Gasteiger partial charge in [-0.25, -0.2) is 4.98 Å². The van der Waals surface area contributed by atoms with Crippen LogP contribution in [0, 0.1) is 0 Å². The summed E-state index contributed by atoms with van der Waals surface area (Å²) in [4.78, 5) is 3.59. The molecule has 0 amide bonds. The fourth-order valence-electron chi connectivity index (χ4n) is 0.811. The third-order valence-corrected chi connectivity index (χ3v) is 1.77. The van der Waals surface area contributed by atoms with E-state index in [-0.39, 0.29) is 16.6 Å². The Morgan fingerprint density at radius 1 is 1.40 bits per heavy atom. The van der Waals surface area contributed by atoms with E-state index in [2.05, 4.69) is 9.72 Å². The maximum absolute atomic E-state index is 11.8. The van der Waals surface area contributed by atoms with Crippen LogP contribution in [0.4, 0.5) is 13.2 Å². The van der Waals surface area contributed by atoms with Crippen LogP contribution in [-0.2, 0) is 6.61 Å². The molecule has 1 heterocycles. The molecule has 84 valence electrons. The Labute approximate surface area is 88.5 Å². The summed E-state index contributed by atoms with van der Waals surface area (Å²) in [6, 6.07) is 2.51. The average molecular weight is 242 g/mol. The number of nitrogens with zero attached hydrogens (tertiary/aromatic N) is 1. The monoisotopic (exact) mass is 241 g/mol. The predicted octanol–water partition coefficient (Wildman–Crippen LogP) is 2.17. The number of hydrogen-bond acceptors (Lipinski definition) is 3. The number of alkyl halides is 3. The molecule has 1 rings (SSSR count). The number of aliphatic hydroxyl groups is 1. The highest BCUT2D eigenvalue weighted by Crippen LogP contribution is 2.20. The van der Waals surface area contributed by atoms with Gasteiger partial charge in [-0.1, -0.05) is 11.6 Å². The number of pyridine rings is 1. The van der Waals surface area contributed by atoms with Crippen molar-refractivity contribution in [2.75, 3.05) is 6.61 Å². The smallest absolute Gasteiger partial charge is 0.422 e. The largest absolute Gasteiger partial charge is 0.468 e. The van der Waals surface area contributed by atoms with Gasteiger partial charge in [-0.15, -0.1) is 0 Å². The van der Waals surface area contributed by atoms with Crippen LogP contribution in [0.2, 0.25) is 5.02 Å². The lowest BCUT2D eigenvalue weighted by atomic mass is 10.3. The second kappa shape index (κ2) is 4.67. The molecule has 0 bridgehead atoms. The molecular weight excluding hydrogens is 235 g/mol. The average Bonchev–Trinajstić information content (AvgIpc) is 2.15. The summed E-state index contributed by atoms with van der Waals surface area (Å²) in [5, 5.41) is 8.92. The molecule has 0 saturated heterocycles. The first-order valence-corrected chi connectivity index (χ1v) is 4.26. The van der Waals surface area contributed by atoms with Crippen LogP contribution >= 0.6 is 11.6 Å². The predicted molar refractivity (Wildman–Crippen MR) is 46.7 cm³/mol. The number of aromatic nitrogens is 1. The van der Waals surface area contributed by atoms with Crippen molar-refractivity contribution in [2.45, 2.75) is 12.8 Å². The molecule has 0 spiro atoms. The zero-order valence-electron chi connectivity index (χ0n) is 7.38. The number of rotatable bonds is 3. The van der Waals surface area contributed by atoms with Gasteiger partial charge in [0.2, 0.25) is 5.88 Å². The summed E-state index contributed by atoms with van der Waals surface area (Å²) >= 11 is 5.59. The Balaban J connectivity index is 2.70. The number of aliphatic hydroxyl groups excluding tert-OH is 1. The molecular formula is C8H7ClF3NO2. The Morgan fingerprint density at radius 2 is 2.07 bits per heavy atom. The van der Waals surface area contributed by atoms with E-state index in [1.165, 1.54) is 12.1 Å². The lowest BCUT2D eigenvalue weighted by Gasteiger charge is -2.09. The van der Waals surface area contributed by atoms with Crippen LogP contribution < -0.4 is 4.74 Å². The SMILES string of the molecule is OCc1nc(OCC(F)(F)F)ccc1Cl. The Kier molecular flexibility index (Phi) is 3.76. The first kappa shape index (κ1) is 12.1. The van der Waals surface area contributed by atoms with Crippen molar-refractivity contribution in [3.63, 3.8) is 0 Å². The minimum absolute atomic E-state index is 0.0799. The molecule has 3 nitrogen and oxygen atoms in total. The summed E-state index contributed by atoms with van der Waals surface area (Å²) in [6.07, 6.45) is -4.42. The quantitative estimate of drug-likeness (QED) is 0.882. The zero-order chi connectivity index (χ0) is 11.5. The molecule has 0 unspecified atom stereocenters. The molecule has 0 radical (unpaired) electrons. The van der Waals surface area contributed by atoms with E-state index in [9.17, 15) is 13.2 Å². The van der Waals surface area contributed by atoms with Gasteiger partial charge >= 0.3 is 6.18 Å². The van der Waals surface area contributed by atoms with Crippen molar-refractivity contribution in [2.24, 2.45) is 0 Å². The molecule has 0 aromatic carbocycles. The summed E-state index contributed by atoms with van der Waals surface area (Å²) in [5.74, 6) is -0.222. The van der Waals surface area contributed by atoms with E-state index < -0.39 is 19.4 Å². The van der Waals surface area contributed by atoms with E-state index in [0.717, 1.165) is 0 Å². The molecule has 15 heavy (non-hydrogen) atoms. The highest BCUT2D eigenvalue weighted by atomic mass is 35.5. The maximum atomic E-state index is 11.8. The van der Waals surface area contributed by atoms with Gasteiger partial charge in [0.05, 0.1) is 17.3 Å². The summed E-state index contributed by atoms with van der Waals surface area (Å²) in [5.41, 5.74) is 0.0799. The van der Waals surface area contributed by atoms with Crippen LogP contribution in [0.1, 0.15) is 5.69 Å². The molecule has 0 aliphatic carbocycles. The number of hydrogen-bond donors (Lipinski definition) is 1. The van der Waals surface area contributed by atoms with Crippen molar-refractivity contribution in [3.8, 4) is 5.88 Å². The fourth-order valence-corrected chi connectivity index (χ4v) is 0.976. The number of halogens is 4. The van der Waals surface area contributed by atoms with Gasteiger partial charge in [0.15, 0.2) is 6.61 Å². The van der Waals surface area contributed by atoms with Crippen LogP contribution in [0.5, 0.6) is 5.88 Å². The summed E-state index contributed by atoms with van der Waals surface area (Å²) < 4.78 is 39.7. The van der Waals surface area contributed by atoms with Gasteiger partial charge in [0.25, 0.3) is 0 Å². The standard InChI is InChI=1S/C8H7ClF3NO2/c9-5-1-2-7(13-6(5)3-14)15-4-8(10,11)12/h1-2,14H,3-4H2. The van der Waals surface area contributed by atoms with Gasteiger partial charge < -0.3 is 9.84 Å². The summed E-state index contributed by atoms with van der Waals surface area (Å²) in [6.45, 7) is -1.88. The van der Waals surface area contributed by atoms with Gasteiger partial charge in [-0.05, 0) is 6.07 Å². The van der Waals surface area contributed by atoms with E-state index in [4.69, 9.17) is 16.7 Å². The van der Waals surface area contributed by atoms with E-state index in [0.29, 0.717) is 0 Å². The molecule has 0 aliphatic rings. The zero-order valence-corrected chi connectivity index (χ0v) is 8.14. The van der Waals surface area contributed by atoms with Crippen molar-refractivity contribution in [1.82, 2.24) is 4.98 Å². The molecule has 0 atom stereocenters. The normalized spacial score (nSPS) is 11.5. The molecule has 0 aliphatic heterocycles. The van der Waals surface area contributed by atoms with Gasteiger partial charge in [-0.2, -0.15) is 13.2 Å². The van der Waals surface area contributed by atoms with Crippen LogP contribution in [0.25, 0.3) is 0 Å². The van der Waals surface area contributed by atoms with Crippen molar-refractivity contribution < 1.29 is 23.0 Å². The highest BCUT2D eigenvalue weighted by molar-refractivity contribution is 6.31. The molecule has 1 aromatic heterocycles. The minimum atomic E-state index is -4.42. The number of ether oxygens (including phenoxy) is 1. The minimum Gasteiger partial charge on any atom is -0.468 e.